The molecule has 6 nitrogen and oxygen atoms in total. The zero-order chi connectivity index (χ0) is 26.1. The minimum atomic E-state index is -0.505. The number of carbonyl (C=O) groups is 1. The monoisotopic (exact) mass is 496 g/mol. The van der Waals surface area contributed by atoms with Crippen molar-refractivity contribution in [2.75, 3.05) is 26.8 Å². The number of rotatable bonds is 8. The molecule has 2 heterocycles. The van der Waals surface area contributed by atoms with Gasteiger partial charge in [0.15, 0.2) is 0 Å². The third-order valence-electron chi connectivity index (χ3n) is 7.62. The molecule has 1 aromatic heterocycles. The number of hydrogen-bond acceptors (Lipinski definition) is 3. The van der Waals surface area contributed by atoms with Gasteiger partial charge in [0.1, 0.15) is 6.04 Å². The molecule has 1 fully saturated rings. The second-order valence-electron chi connectivity index (χ2n) is 10.4. The van der Waals surface area contributed by atoms with Gasteiger partial charge in [0.2, 0.25) is 11.5 Å². The van der Waals surface area contributed by atoms with Crippen molar-refractivity contribution < 1.29 is 9.53 Å². The Balaban J connectivity index is 1.60. The maximum atomic E-state index is 14.0. The maximum Gasteiger partial charge on any atom is 0.246 e. The van der Waals surface area contributed by atoms with Crippen LogP contribution < -0.4 is 5.62 Å². The Morgan fingerprint density at radius 3 is 2.08 bits per heavy atom. The Labute approximate surface area is 218 Å². The van der Waals surface area contributed by atoms with Crippen LogP contribution in [-0.2, 0) is 16.0 Å². The summed E-state index contributed by atoms with van der Waals surface area (Å²) >= 11 is 0. The number of amides is 1. The molecule has 0 saturated carbocycles. The maximum absolute atomic E-state index is 14.0. The molecule has 1 aliphatic heterocycles. The Hall–Kier alpha value is -3.64. The second kappa shape index (κ2) is 10.4. The van der Waals surface area contributed by atoms with Crippen molar-refractivity contribution in [3.05, 3.63) is 101 Å². The molecular weight excluding hydrogens is 460 g/mol. The molecule has 37 heavy (non-hydrogen) atoms. The van der Waals surface area contributed by atoms with Gasteiger partial charge in [-0.3, -0.25) is 14.8 Å². The number of hydrogen-bond donors (Lipinski definition) is 1. The van der Waals surface area contributed by atoms with Crippen LogP contribution in [0.25, 0.3) is 11.0 Å². The molecule has 2 atom stereocenters. The van der Waals surface area contributed by atoms with E-state index in [0.29, 0.717) is 37.7 Å². The van der Waals surface area contributed by atoms with Gasteiger partial charge in [0, 0.05) is 32.5 Å². The number of para-hydroxylation sites is 2. The van der Waals surface area contributed by atoms with Crippen LogP contribution in [0.15, 0.2) is 72.8 Å². The van der Waals surface area contributed by atoms with E-state index in [0.717, 1.165) is 22.2 Å². The molecule has 1 saturated heterocycles. The van der Waals surface area contributed by atoms with E-state index < -0.39 is 6.04 Å². The van der Waals surface area contributed by atoms with Gasteiger partial charge in [0.05, 0.1) is 23.7 Å². The van der Waals surface area contributed by atoms with Crippen LogP contribution in [0.5, 0.6) is 0 Å². The Kier molecular flexibility index (Phi) is 7.02. The largest absolute Gasteiger partial charge is 0.384 e. The van der Waals surface area contributed by atoms with E-state index >= 15 is 0 Å². The van der Waals surface area contributed by atoms with Crippen molar-refractivity contribution in [2.45, 2.75) is 39.3 Å². The fourth-order valence-corrected chi connectivity index (χ4v) is 5.46. The molecule has 5 rings (SSSR count). The van der Waals surface area contributed by atoms with Crippen molar-refractivity contribution in [3.63, 3.8) is 0 Å². The fraction of sp³-hybridized carbons (Fsp3) is 0.355. The molecule has 1 aliphatic rings. The highest BCUT2D eigenvalue weighted by molar-refractivity contribution is 5.85. The zero-order valence-electron chi connectivity index (χ0n) is 22.1. The smallest absolute Gasteiger partial charge is 0.246 e. The van der Waals surface area contributed by atoms with Gasteiger partial charge in [-0.05, 0) is 44.0 Å². The van der Waals surface area contributed by atoms with E-state index in [9.17, 15) is 10.2 Å². The molecular formula is C31H36N4O2. The normalized spacial score (nSPS) is 15.5. The molecule has 0 spiro atoms. The molecule has 0 bridgehead atoms. The summed E-state index contributed by atoms with van der Waals surface area (Å²) in [7, 11) is 1.71. The number of aromatic nitrogens is 2. The first kappa shape index (κ1) is 25.0. The quantitative estimate of drug-likeness (QED) is 0.372. The highest BCUT2D eigenvalue weighted by Gasteiger charge is 2.36. The predicted molar refractivity (Wildman–Crippen MR) is 147 cm³/mol. The van der Waals surface area contributed by atoms with Crippen LogP contribution in [0.2, 0.25) is 0 Å². The zero-order valence-corrected chi connectivity index (χ0v) is 22.1. The number of nitrogens with one attached hydrogen (secondary N) is 1. The highest BCUT2D eigenvalue weighted by Crippen LogP contribution is 2.29. The number of carbonyl (C=O) groups excluding carboxylic acids is 1. The predicted octanol–water partition coefficient (Wildman–Crippen LogP) is 5.04. The summed E-state index contributed by atoms with van der Waals surface area (Å²) in [5, 5.41) is 9.38. The van der Waals surface area contributed by atoms with Gasteiger partial charge >= 0.3 is 0 Å². The summed E-state index contributed by atoms with van der Waals surface area (Å²) in [5.74, 6) is 0.440. The molecule has 0 radical (unpaired) electrons. The van der Waals surface area contributed by atoms with Gasteiger partial charge in [0.25, 0.3) is 0 Å². The van der Waals surface area contributed by atoms with Crippen LogP contribution in [0.1, 0.15) is 41.3 Å². The third kappa shape index (κ3) is 4.86. The molecule has 2 unspecified atom stereocenters. The number of imidazole rings is 1. The summed E-state index contributed by atoms with van der Waals surface area (Å²) < 4.78 is 9.31. The van der Waals surface area contributed by atoms with E-state index in [1.165, 1.54) is 11.1 Å². The van der Waals surface area contributed by atoms with Gasteiger partial charge < -0.3 is 14.2 Å². The van der Waals surface area contributed by atoms with Gasteiger partial charge in [-0.1, -0.05) is 71.8 Å². The number of fused-ring (bicyclic) bond motifs is 1. The molecule has 6 heteroatoms. The van der Waals surface area contributed by atoms with Crippen molar-refractivity contribution in [1.82, 2.24) is 14.0 Å². The summed E-state index contributed by atoms with van der Waals surface area (Å²) in [6.45, 7) is 8.33. The molecule has 0 aliphatic carbocycles. The minimum Gasteiger partial charge on any atom is -0.384 e. The first-order chi connectivity index (χ1) is 17.9. The number of benzene rings is 3. The van der Waals surface area contributed by atoms with E-state index in [1.54, 1.807) is 7.11 Å². The topological polar surface area (TPSA) is 63.2 Å². The molecule has 4 aromatic rings. The van der Waals surface area contributed by atoms with Crippen LogP contribution >= 0.6 is 0 Å². The van der Waals surface area contributed by atoms with Crippen molar-refractivity contribution in [2.24, 2.45) is 5.92 Å². The Morgan fingerprint density at radius 2 is 1.49 bits per heavy atom. The molecule has 1 amide bonds. The lowest BCUT2D eigenvalue weighted by Crippen LogP contribution is -2.54. The lowest BCUT2D eigenvalue weighted by molar-refractivity contribution is -0.142. The number of ether oxygens (including phenoxy) is 1. The van der Waals surface area contributed by atoms with Gasteiger partial charge in [-0.2, -0.15) is 0 Å². The summed E-state index contributed by atoms with van der Waals surface area (Å²) in [6, 6.07) is 24.4. The average molecular weight is 497 g/mol. The second-order valence-corrected chi connectivity index (χ2v) is 10.4. The van der Waals surface area contributed by atoms with Crippen molar-refractivity contribution in [3.8, 4) is 0 Å². The van der Waals surface area contributed by atoms with E-state index in [-0.39, 0.29) is 11.9 Å². The summed E-state index contributed by atoms with van der Waals surface area (Å²) in [5.41, 5.74) is 6.84. The number of nitrogens with zero attached hydrogens (tertiary/aromatic N) is 3. The van der Waals surface area contributed by atoms with E-state index in [1.807, 2.05) is 27.7 Å². The molecule has 192 valence electrons. The van der Waals surface area contributed by atoms with Crippen LogP contribution in [0, 0.1) is 25.2 Å². The van der Waals surface area contributed by atoms with Gasteiger partial charge in [-0.25, -0.2) is 0 Å². The summed E-state index contributed by atoms with van der Waals surface area (Å²) in [6.07, 6.45) is 0.536. The SMILES string of the molecule is COCC1CN(C(=O)C(Cc2ccc(C)cc2)n2c(=N)n(C(C)c3ccc(C)cc3)c3ccccc32)C1. The van der Waals surface area contributed by atoms with E-state index in [4.69, 9.17) is 4.74 Å². The minimum absolute atomic E-state index is 0.0514. The number of methoxy groups -OCH3 is 1. The van der Waals surface area contributed by atoms with E-state index in [2.05, 4.69) is 79.9 Å². The highest BCUT2D eigenvalue weighted by atomic mass is 16.5. The van der Waals surface area contributed by atoms with Crippen LogP contribution in [0.4, 0.5) is 0 Å². The average Bonchev–Trinajstić information content (AvgIpc) is 3.16. The van der Waals surface area contributed by atoms with Crippen molar-refractivity contribution in [1.29, 1.82) is 5.41 Å². The molecule has 3 aromatic carbocycles. The van der Waals surface area contributed by atoms with Crippen LogP contribution in [0.3, 0.4) is 0 Å². The number of likely N-dealkylation sites (tertiary alicyclic amines) is 1. The lowest BCUT2D eigenvalue weighted by Gasteiger charge is -2.41. The lowest BCUT2D eigenvalue weighted by atomic mass is 9.97. The fourth-order valence-electron chi connectivity index (χ4n) is 5.46. The summed E-state index contributed by atoms with van der Waals surface area (Å²) in [4.78, 5) is 15.9. The van der Waals surface area contributed by atoms with Crippen LogP contribution in [-0.4, -0.2) is 46.7 Å². The standard InChI is InChI=1S/C31H36N4O2/c1-21-9-13-24(14-10-21)17-29(30(36)33-18-25(19-33)20-37-4)35-28-8-6-5-7-27(28)34(31(35)32)23(3)26-15-11-22(2)12-16-26/h5-16,23,25,29,32H,17-20H2,1-4H3. The molecule has 1 N–H and O–H groups in total. The Bertz CT molecular complexity index is 1440. The third-order valence-corrected chi connectivity index (χ3v) is 7.62. The first-order valence-electron chi connectivity index (χ1n) is 13.0. The first-order valence-corrected chi connectivity index (χ1v) is 13.0. The van der Waals surface area contributed by atoms with Gasteiger partial charge in [-0.15, -0.1) is 0 Å². The number of aryl methyl sites for hydroxylation is 2. The Morgan fingerprint density at radius 1 is 0.919 bits per heavy atom. The van der Waals surface area contributed by atoms with Crippen molar-refractivity contribution >= 4 is 16.9 Å².